The lowest BCUT2D eigenvalue weighted by Crippen LogP contribution is -2.34. The largest absolute Gasteiger partial charge is 0.313 e. The Morgan fingerprint density at radius 3 is 2.81 bits per heavy atom. The molecule has 3 heteroatoms. The van der Waals surface area contributed by atoms with E-state index < -0.39 is 0 Å². The zero-order chi connectivity index (χ0) is 14.7. The van der Waals surface area contributed by atoms with Crippen molar-refractivity contribution < 1.29 is 0 Å². The van der Waals surface area contributed by atoms with Crippen molar-refractivity contribution >= 4 is 0 Å². The first kappa shape index (κ1) is 14.3. The number of rotatable bonds is 7. The van der Waals surface area contributed by atoms with E-state index >= 15 is 0 Å². The highest BCUT2D eigenvalue weighted by molar-refractivity contribution is 5.27. The van der Waals surface area contributed by atoms with Gasteiger partial charge in [-0.3, -0.25) is 4.68 Å². The molecule has 1 fully saturated rings. The van der Waals surface area contributed by atoms with Gasteiger partial charge in [-0.15, -0.1) is 0 Å². The summed E-state index contributed by atoms with van der Waals surface area (Å²) in [7, 11) is 1.99. The molecule has 3 atom stereocenters. The van der Waals surface area contributed by atoms with Crippen LogP contribution in [0.15, 0.2) is 42.7 Å². The first-order chi connectivity index (χ1) is 10.3. The lowest BCUT2D eigenvalue weighted by Gasteiger charge is -2.18. The molecule has 1 heterocycles. The Balaban J connectivity index is 1.66. The number of nitrogens with one attached hydrogen (secondary N) is 1. The minimum Gasteiger partial charge on any atom is -0.313 e. The third-order valence-electron chi connectivity index (χ3n) is 4.45. The highest BCUT2D eigenvalue weighted by atomic mass is 15.2. The minimum absolute atomic E-state index is 0.569. The molecule has 3 nitrogen and oxygen atoms in total. The van der Waals surface area contributed by atoms with Crippen LogP contribution in [0.1, 0.15) is 36.8 Å². The van der Waals surface area contributed by atoms with Gasteiger partial charge in [0.1, 0.15) is 0 Å². The smallest absolute Gasteiger partial charge is 0.0522 e. The monoisotopic (exact) mass is 283 g/mol. The highest BCUT2D eigenvalue weighted by Gasteiger charge is 2.43. The van der Waals surface area contributed by atoms with Crippen molar-refractivity contribution in [3.8, 4) is 0 Å². The summed E-state index contributed by atoms with van der Waals surface area (Å²) in [6.45, 7) is 3.33. The number of benzene rings is 1. The van der Waals surface area contributed by atoms with Gasteiger partial charge in [0.25, 0.3) is 0 Å². The van der Waals surface area contributed by atoms with Gasteiger partial charge < -0.3 is 5.32 Å². The molecule has 0 saturated heterocycles. The second kappa shape index (κ2) is 6.44. The summed E-state index contributed by atoms with van der Waals surface area (Å²) in [5.74, 6) is 1.50. The molecule has 3 rings (SSSR count). The van der Waals surface area contributed by atoms with Gasteiger partial charge in [-0.05, 0) is 48.8 Å². The van der Waals surface area contributed by atoms with E-state index in [2.05, 4.69) is 53.9 Å². The number of aryl methyl sites for hydroxylation is 1. The molecule has 0 bridgehead atoms. The van der Waals surface area contributed by atoms with Crippen molar-refractivity contribution in [2.45, 2.75) is 38.1 Å². The number of hydrogen-bond acceptors (Lipinski definition) is 2. The Labute approximate surface area is 127 Å². The second-order valence-electron chi connectivity index (χ2n) is 6.20. The van der Waals surface area contributed by atoms with Gasteiger partial charge in [0, 0.05) is 19.3 Å². The van der Waals surface area contributed by atoms with E-state index in [0.717, 1.165) is 24.8 Å². The summed E-state index contributed by atoms with van der Waals surface area (Å²) in [5, 5.41) is 8.05. The van der Waals surface area contributed by atoms with Gasteiger partial charge in [0.05, 0.1) is 6.20 Å². The van der Waals surface area contributed by atoms with E-state index in [1.54, 1.807) is 0 Å². The average molecular weight is 283 g/mol. The predicted molar refractivity (Wildman–Crippen MR) is 86.3 cm³/mol. The van der Waals surface area contributed by atoms with Crippen molar-refractivity contribution in [1.29, 1.82) is 0 Å². The first-order valence-electron chi connectivity index (χ1n) is 8.03. The first-order valence-corrected chi connectivity index (χ1v) is 8.03. The second-order valence-corrected chi connectivity index (χ2v) is 6.20. The maximum absolute atomic E-state index is 4.30. The zero-order valence-electron chi connectivity index (χ0n) is 13.0. The van der Waals surface area contributed by atoms with Crippen LogP contribution in [0.3, 0.4) is 0 Å². The third-order valence-corrected chi connectivity index (χ3v) is 4.45. The summed E-state index contributed by atoms with van der Waals surface area (Å²) < 4.78 is 1.90. The third kappa shape index (κ3) is 3.53. The quantitative estimate of drug-likeness (QED) is 0.846. The van der Waals surface area contributed by atoms with E-state index in [4.69, 9.17) is 0 Å². The van der Waals surface area contributed by atoms with Crippen LogP contribution >= 0.6 is 0 Å². The molecular formula is C18H25N3. The van der Waals surface area contributed by atoms with Gasteiger partial charge in [0.2, 0.25) is 0 Å². The van der Waals surface area contributed by atoms with E-state index in [0.29, 0.717) is 6.04 Å². The van der Waals surface area contributed by atoms with Gasteiger partial charge >= 0.3 is 0 Å². The van der Waals surface area contributed by atoms with Crippen LogP contribution in [-0.2, 0) is 13.5 Å². The maximum atomic E-state index is 4.30. The molecule has 21 heavy (non-hydrogen) atoms. The molecule has 0 spiro atoms. The molecule has 3 unspecified atom stereocenters. The van der Waals surface area contributed by atoms with Crippen molar-refractivity contribution in [2.24, 2.45) is 13.0 Å². The molecule has 0 amide bonds. The van der Waals surface area contributed by atoms with Crippen LogP contribution in [0, 0.1) is 5.92 Å². The highest BCUT2D eigenvalue weighted by Crippen LogP contribution is 2.50. The van der Waals surface area contributed by atoms with Crippen molar-refractivity contribution in [1.82, 2.24) is 15.1 Å². The van der Waals surface area contributed by atoms with Crippen molar-refractivity contribution in [3.05, 3.63) is 53.9 Å². The number of aromatic nitrogens is 2. The molecule has 1 aromatic carbocycles. The maximum Gasteiger partial charge on any atom is 0.0522 e. The van der Waals surface area contributed by atoms with Crippen LogP contribution in [0.4, 0.5) is 0 Å². The molecule has 0 aliphatic heterocycles. The summed E-state index contributed by atoms with van der Waals surface area (Å²) in [6.07, 6.45) is 7.72. The lowest BCUT2D eigenvalue weighted by molar-refractivity contribution is 0.452. The van der Waals surface area contributed by atoms with Crippen molar-refractivity contribution in [2.75, 3.05) is 6.54 Å². The van der Waals surface area contributed by atoms with Crippen LogP contribution in [0.25, 0.3) is 0 Å². The molecule has 1 N–H and O–H groups in total. The van der Waals surface area contributed by atoms with Gasteiger partial charge in [0.15, 0.2) is 0 Å². The van der Waals surface area contributed by atoms with Crippen LogP contribution in [0.5, 0.6) is 0 Å². The normalized spacial score (nSPS) is 22.2. The lowest BCUT2D eigenvalue weighted by atomic mass is 10.0. The molecule has 2 aromatic rings. The zero-order valence-corrected chi connectivity index (χ0v) is 13.0. The molecule has 0 radical (unpaired) electrons. The SMILES string of the molecule is CCCNC(Cc1cnn(C)c1)C1CC1c1ccccc1. The number of hydrogen-bond donors (Lipinski definition) is 1. The van der Waals surface area contributed by atoms with E-state index in [1.807, 2.05) is 17.9 Å². The Hall–Kier alpha value is -1.61. The molecule has 1 aromatic heterocycles. The Morgan fingerprint density at radius 2 is 2.14 bits per heavy atom. The fraction of sp³-hybridized carbons (Fsp3) is 0.500. The fourth-order valence-electron chi connectivity index (χ4n) is 3.28. The summed E-state index contributed by atoms with van der Waals surface area (Å²) in [5.41, 5.74) is 2.83. The summed E-state index contributed by atoms with van der Waals surface area (Å²) in [6, 6.07) is 11.5. The van der Waals surface area contributed by atoms with E-state index in [-0.39, 0.29) is 0 Å². The predicted octanol–water partition coefficient (Wildman–Crippen LogP) is 3.13. The van der Waals surface area contributed by atoms with Crippen LogP contribution in [-0.4, -0.2) is 22.4 Å². The Morgan fingerprint density at radius 1 is 1.33 bits per heavy atom. The van der Waals surface area contributed by atoms with Gasteiger partial charge in [-0.25, -0.2) is 0 Å². The van der Waals surface area contributed by atoms with E-state index in [9.17, 15) is 0 Å². The summed E-state index contributed by atoms with van der Waals surface area (Å²) >= 11 is 0. The van der Waals surface area contributed by atoms with Gasteiger partial charge in [-0.2, -0.15) is 5.10 Å². The number of nitrogens with zero attached hydrogens (tertiary/aromatic N) is 2. The van der Waals surface area contributed by atoms with Crippen LogP contribution in [0.2, 0.25) is 0 Å². The van der Waals surface area contributed by atoms with E-state index in [1.165, 1.54) is 24.0 Å². The van der Waals surface area contributed by atoms with Crippen molar-refractivity contribution in [3.63, 3.8) is 0 Å². The molecule has 112 valence electrons. The van der Waals surface area contributed by atoms with Crippen LogP contribution < -0.4 is 5.32 Å². The topological polar surface area (TPSA) is 29.9 Å². The average Bonchev–Trinajstić information content (AvgIpc) is 3.21. The van der Waals surface area contributed by atoms with Gasteiger partial charge in [-0.1, -0.05) is 37.3 Å². The molecule has 1 saturated carbocycles. The molecular weight excluding hydrogens is 258 g/mol. The summed E-state index contributed by atoms with van der Waals surface area (Å²) in [4.78, 5) is 0. The Bertz CT molecular complexity index is 561. The molecule has 1 aliphatic rings. The fourth-order valence-corrected chi connectivity index (χ4v) is 3.28. The molecule has 1 aliphatic carbocycles. The minimum atomic E-state index is 0.569. The standard InChI is InChI=1S/C18H25N3/c1-3-9-19-18(10-14-12-20-21(2)13-14)17-11-16(17)15-7-5-4-6-8-15/h4-8,12-13,16-19H,3,9-11H2,1-2H3. The Kier molecular flexibility index (Phi) is 4.39.